The second kappa shape index (κ2) is 4.05. The Morgan fingerprint density at radius 1 is 1.16 bits per heavy atom. The molecule has 5 heteroatoms. The Hall–Kier alpha value is -2.43. The molecule has 0 spiro atoms. The van der Waals surface area contributed by atoms with E-state index in [1.807, 2.05) is 0 Å². The van der Waals surface area contributed by atoms with Crippen molar-refractivity contribution in [1.29, 1.82) is 0 Å². The predicted molar refractivity (Wildman–Crippen MR) is 70.6 cm³/mol. The maximum Gasteiger partial charge on any atom is 0.141 e. The van der Waals surface area contributed by atoms with Crippen molar-refractivity contribution in [3.63, 3.8) is 0 Å². The number of benzene rings is 2. The van der Waals surface area contributed by atoms with Crippen molar-refractivity contribution >= 4 is 16.7 Å². The van der Waals surface area contributed by atoms with Crippen LogP contribution in [0, 0.1) is 18.6 Å². The van der Waals surface area contributed by atoms with E-state index < -0.39 is 11.6 Å². The standard InChI is InChI=1S/C14H11F2N3/c1-7-5-8(10(16)6-9(7)15)14-18-12-4-2-3-11(17)13(12)19-14/h2-6H,17H2,1H3,(H,18,19). The van der Waals surface area contributed by atoms with E-state index >= 15 is 0 Å². The molecule has 3 nitrogen and oxygen atoms in total. The van der Waals surface area contributed by atoms with Gasteiger partial charge in [-0.1, -0.05) is 6.07 Å². The molecule has 0 radical (unpaired) electrons. The molecule has 3 rings (SSSR count). The average molecular weight is 259 g/mol. The topological polar surface area (TPSA) is 54.7 Å². The minimum atomic E-state index is -0.652. The monoisotopic (exact) mass is 259 g/mol. The number of aryl methyl sites for hydroxylation is 1. The molecule has 0 aliphatic rings. The molecule has 19 heavy (non-hydrogen) atoms. The van der Waals surface area contributed by atoms with E-state index in [0.717, 1.165) is 11.6 Å². The summed E-state index contributed by atoms with van der Waals surface area (Å²) in [7, 11) is 0. The Morgan fingerprint density at radius 2 is 1.95 bits per heavy atom. The summed E-state index contributed by atoms with van der Waals surface area (Å²) < 4.78 is 27.1. The molecule has 0 aliphatic heterocycles. The van der Waals surface area contributed by atoms with Gasteiger partial charge in [0.2, 0.25) is 0 Å². The van der Waals surface area contributed by atoms with Gasteiger partial charge in [-0.05, 0) is 30.7 Å². The lowest BCUT2D eigenvalue weighted by molar-refractivity contribution is 0.579. The van der Waals surface area contributed by atoms with Crippen molar-refractivity contribution in [3.8, 4) is 11.4 Å². The number of aromatic amines is 1. The maximum atomic E-state index is 13.8. The van der Waals surface area contributed by atoms with Crippen molar-refractivity contribution < 1.29 is 8.78 Å². The number of hydrogen-bond donors (Lipinski definition) is 2. The molecule has 96 valence electrons. The van der Waals surface area contributed by atoms with Gasteiger partial charge in [-0.2, -0.15) is 0 Å². The fraction of sp³-hybridized carbons (Fsp3) is 0.0714. The second-order valence-electron chi connectivity index (χ2n) is 4.41. The first-order valence-corrected chi connectivity index (χ1v) is 5.76. The molecule has 1 aromatic heterocycles. The van der Waals surface area contributed by atoms with Crippen molar-refractivity contribution in [2.45, 2.75) is 6.92 Å². The summed E-state index contributed by atoms with van der Waals surface area (Å²) in [5.41, 5.74) is 8.21. The molecule has 0 saturated heterocycles. The highest BCUT2D eigenvalue weighted by atomic mass is 19.1. The lowest BCUT2D eigenvalue weighted by Crippen LogP contribution is -1.91. The van der Waals surface area contributed by atoms with E-state index in [0.29, 0.717) is 22.6 Å². The lowest BCUT2D eigenvalue weighted by Gasteiger charge is -2.02. The zero-order valence-electron chi connectivity index (χ0n) is 10.2. The summed E-state index contributed by atoms with van der Waals surface area (Å²) in [5.74, 6) is -0.883. The Labute approximate surface area is 108 Å². The van der Waals surface area contributed by atoms with Gasteiger partial charge in [0.1, 0.15) is 23.0 Å². The normalized spacial score (nSPS) is 11.1. The minimum Gasteiger partial charge on any atom is -0.397 e. The Morgan fingerprint density at radius 3 is 2.68 bits per heavy atom. The van der Waals surface area contributed by atoms with Crippen LogP contribution in [0.25, 0.3) is 22.4 Å². The summed E-state index contributed by atoms with van der Waals surface area (Å²) in [6.45, 7) is 1.58. The van der Waals surface area contributed by atoms with Gasteiger partial charge in [0, 0.05) is 6.07 Å². The zero-order chi connectivity index (χ0) is 13.6. The van der Waals surface area contributed by atoms with Crippen LogP contribution in [0.2, 0.25) is 0 Å². The lowest BCUT2D eigenvalue weighted by atomic mass is 10.1. The smallest absolute Gasteiger partial charge is 0.141 e. The highest BCUT2D eigenvalue weighted by molar-refractivity contribution is 5.89. The fourth-order valence-electron chi connectivity index (χ4n) is 2.02. The van der Waals surface area contributed by atoms with E-state index in [9.17, 15) is 8.78 Å². The van der Waals surface area contributed by atoms with Crippen LogP contribution >= 0.6 is 0 Å². The first-order valence-electron chi connectivity index (χ1n) is 5.76. The number of para-hydroxylation sites is 1. The van der Waals surface area contributed by atoms with Gasteiger partial charge in [0.25, 0.3) is 0 Å². The molecule has 0 fully saturated rings. The number of hydrogen-bond acceptors (Lipinski definition) is 2. The predicted octanol–water partition coefficient (Wildman–Crippen LogP) is 3.40. The minimum absolute atomic E-state index is 0.231. The summed E-state index contributed by atoms with van der Waals surface area (Å²) in [4.78, 5) is 7.26. The number of aromatic nitrogens is 2. The average Bonchev–Trinajstić information content (AvgIpc) is 2.79. The Balaban J connectivity index is 2.25. The van der Waals surface area contributed by atoms with Gasteiger partial charge in [0.15, 0.2) is 0 Å². The summed E-state index contributed by atoms with van der Waals surface area (Å²) >= 11 is 0. The largest absolute Gasteiger partial charge is 0.397 e. The molecule has 0 bridgehead atoms. The third-order valence-electron chi connectivity index (χ3n) is 3.05. The third-order valence-corrected chi connectivity index (χ3v) is 3.05. The van der Waals surface area contributed by atoms with Gasteiger partial charge in [0.05, 0.1) is 16.8 Å². The molecular weight excluding hydrogens is 248 g/mol. The number of H-pyrrole nitrogens is 1. The van der Waals surface area contributed by atoms with Crippen LogP contribution in [0.3, 0.4) is 0 Å². The number of nitrogens with one attached hydrogen (secondary N) is 1. The van der Waals surface area contributed by atoms with E-state index in [1.165, 1.54) is 6.07 Å². The van der Waals surface area contributed by atoms with Crippen LogP contribution in [0.5, 0.6) is 0 Å². The first-order chi connectivity index (χ1) is 9.06. The van der Waals surface area contributed by atoms with E-state index in [4.69, 9.17) is 5.73 Å². The Kier molecular flexibility index (Phi) is 2.48. The molecule has 3 aromatic rings. The molecule has 0 atom stereocenters. The van der Waals surface area contributed by atoms with Crippen molar-refractivity contribution in [2.75, 3.05) is 5.73 Å². The Bertz CT molecular complexity index is 778. The summed E-state index contributed by atoms with van der Waals surface area (Å²) in [5, 5.41) is 0. The van der Waals surface area contributed by atoms with Gasteiger partial charge in [-0.25, -0.2) is 13.8 Å². The number of fused-ring (bicyclic) bond motifs is 1. The molecule has 3 N–H and O–H groups in total. The molecule has 0 unspecified atom stereocenters. The third kappa shape index (κ3) is 1.83. The van der Waals surface area contributed by atoms with Crippen molar-refractivity contribution in [3.05, 3.63) is 47.5 Å². The molecule has 0 aliphatic carbocycles. The van der Waals surface area contributed by atoms with Crippen molar-refractivity contribution in [2.24, 2.45) is 0 Å². The first kappa shape index (κ1) is 11.6. The SMILES string of the molecule is Cc1cc(-c2nc3c(N)cccc3[nH]2)c(F)cc1F. The molecule has 1 heterocycles. The molecule has 2 aromatic carbocycles. The van der Waals surface area contributed by atoms with Gasteiger partial charge < -0.3 is 10.7 Å². The van der Waals surface area contributed by atoms with Crippen LogP contribution in [-0.4, -0.2) is 9.97 Å². The fourth-order valence-corrected chi connectivity index (χ4v) is 2.02. The second-order valence-corrected chi connectivity index (χ2v) is 4.41. The molecular formula is C14H11F2N3. The number of nitrogens with two attached hydrogens (primary N) is 1. The summed E-state index contributed by atoms with van der Waals surface area (Å²) in [6.07, 6.45) is 0. The highest BCUT2D eigenvalue weighted by Gasteiger charge is 2.13. The quantitative estimate of drug-likeness (QED) is 0.658. The van der Waals surface area contributed by atoms with Gasteiger partial charge in [-0.3, -0.25) is 0 Å². The summed E-state index contributed by atoms with van der Waals surface area (Å²) in [6, 6.07) is 7.60. The number of rotatable bonds is 1. The maximum absolute atomic E-state index is 13.8. The van der Waals surface area contributed by atoms with Crippen LogP contribution in [0.15, 0.2) is 30.3 Å². The number of halogens is 2. The zero-order valence-corrected chi connectivity index (χ0v) is 10.2. The van der Waals surface area contributed by atoms with Gasteiger partial charge in [-0.15, -0.1) is 0 Å². The highest BCUT2D eigenvalue weighted by Crippen LogP contribution is 2.27. The number of nitrogen functional groups attached to an aromatic ring is 1. The van der Waals surface area contributed by atoms with Crippen LogP contribution < -0.4 is 5.73 Å². The van der Waals surface area contributed by atoms with E-state index in [2.05, 4.69) is 9.97 Å². The van der Waals surface area contributed by atoms with E-state index in [1.54, 1.807) is 25.1 Å². The van der Waals surface area contributed by atoms with Crippen LogP contribution in [0.1, 0.15) is 5.56 Å². The van der Waals surface area contributed by atoms with E-state index in [-0.39, 0.29) is 5.56 Å². The van der Waals surface area contributed by atoms with Crippen molar-refractivity contribution in [1.82, 2.24) is 9.97 Å². The van der Waals surface area contributed by atoms with Gasteiger partial charge >= 0.3 is 0 Å². The number of anilines is 1. The number of nitrogens with zero attached hydrogens (tertiary/aromatic N) is 1. The number of imidazole rings is 1. The molecule has 0 saturated carbocycles. The van der Waals surface area contributed by atoms with Crippen LogP contribution in [-0.2, 0) is 0 Å². The van der Waals surface area contributed by atoms with Crippen LogP contribution in [0.4, 0.5) is 14.5 Å². The molecule has 0 amide bonds.